The summed E-state index contributed by atoms with van der Waals surface area (Å²) in [6.07, 6.45) is -0.0757. The van der Waals surface area contributed by atoms with Gasteiger partial charge in [0.25, 0.3) is 17.7 Å². The lowest BCUT2D eigenvalue weighted by atomic mass is 9.55. The van der Waals surface area contributed by atoms with Gasteiger partial charge in [-0.05, 0) is 65.1 Å². The molecular formula is C35H25Cl2FN2O4. The Hall–Kier alpha value is -4.33. The minimum atomic E-state index is -1.35. The Bertz CT molecular complexity index is 1730. The summed E-state index contributed by atoms with van der Waals surface area (Å²) >= 11 is 12.6. The van der Waals surface area contributed by atoms with E-state index in [2.05, 4.69) is 0 Å². The van der Waals surface area contributed by atoms with Crippen LogP contribution in [0.2, 0.25) is 5.02 Å². The Kier molecular flexibility index (Phi) is 7.10. The van der Waals surface area contributed by atoms with E-state index in [-0.39, 0.29) is 28.5 Å². The summed E-state index contributed by atoms with van der Waals surface area (Å²) in [5.41, 5.74) is 4.03. The van der Waals surface area contributed by atoms with Gasteiger partial charge in [0, 0.05) is 23.3 Å². The number of hydrogen-bond acceptors (Lipinski definition) is 4. The van der Waals surface area contributed by atoms with Crippen LogP contribution in [0.4, 0.5) is 4.39 Å². The first-order valence-corrected chi connectivity index (χ1v) is 15.2. The van der Waals surface area contributed by atoms with Crippen LogP contribution in [0.25, 0.3) is 0 Å². The zero-order chi connectivity index (χ0) is 30.7. The predicted molar refractivity (Wildman–Crippen MR) is 163 cm³/mol. The van der Waals surface area contributed by atoms with Crippen LogP contribution in [0.1, 0.15) is 61.2 Å². The normalized spacial score (nSPS) is 21.8. The smallest absolute Gasteiger partial charge is 0.275 e. The van der Waals surface area contributed by atoms with Crippen molar-refractivity contribution < 1.29 is 23.6 Å². The quantitative estimate of drug-likeness (QED) is 0.131. The van der Waals surface area contributed by atoms with Gasteiger partial charge in [0.05, 0.1) is 22.4 Å². The van der Waals surface area contributed by atoms with Gasteiger partial charge >= 0.3 is 0 Å². The van der Waals surface area contributed by atoms with Crippen LogP contribution in [0.15, 0.2) is 97.1 Å². The SMILES string of the molecule is O=C(c1ccc(F)cc1)[C@H](CCCl)N(C(=O)c1ccccc1Cl)N1C(=O)[C@H]2C3c4ccccc4C(c4ccccc43)[C@@H]2C1=O. The molecule has 9 heteroatoms. The number of hydrogen-bond donors (Lipinski definition) is 0. The minimum Gasteiger partial charge on any atom is -0.292 e. The molecule has 3 atom stereocenters. The van der Waals surface area contributed by atoms with Crippen molar-refractivity contribution in [3.05, 3.63) is 141 Å². The molecule has 44 heavy (non-hydrogen) atoms. The average Bonchev–Trinajstić information content (AvgIpc) is 3.30. The standard InChI is InChI=1S/C35H25Cl2FN2O4/c36-18-17-27(32(41)19-13-15-20(38)16-14-19)39(33(42)25-11-5-6-12-26(25)37)40-34(43)30-28-21-7-1-2-8-22(21)29(31(30)35(40)44)24-10-4-3-9-23(24)28/h1-16,27-31H,17-18H2/t27-,28?,29?,30-,31-/m0/s1. The van der Waals surface area contributed by atoms with E-state index in [1.165, 1.54) is 24.3 Å². The van der Waals surface area contributed by atoms with Crippen LogP contribution in [-0.2, 0) is 9.59 Å². The Morgan fingerprint density at radius 3 is 1.70 bits per heavy atom. The number of alkyl halides is 1. The molecule has 3 amide bonds. The highest BCUT2D eigenvalue weighted by atomic mass is 35.5. The Morgan fingerprint density at radius 2 is 1.23 bits per heavy atom. The topological polar surface area (TPSA) is 74.8 Å². The molecule has 1 saturated heterocycles. The number of amides is 3. The first kappa shape index (κ1) is 28.4. The third-order valence-electron chi connectivity index (χ3n) is 9.06. The lowest BCUT2D eigenvalue weighted by Crippen LogP contribution is -2.57. The number of carbonyl (C=O) groups excluding carboxylic acids is 4. The van der Waals surface area contributed by atoms with Crippen molar-refractivity contribution in [3.8, 4) is 0 Å². The van der Waals surface area contributed by atoms with Gasteiger partial charge < -0.3 is 0 Å². The first-order chi connectivity index (χ1) is 21.3. The summed E-state index contributed by atoms with van der Waals surface area (Å²) in [5, 5.41) is 1.92. The van der Waals surface area contributed by atoms with Crippen LogP contribution in [0.5, 0.6) is 0 Å². The van der Waals surface area contributed by atoms with Gasteiger partial charge in [0.1, 0.15) is 11.9 Å². The van der Waals surface area contributed by atoms with E-state index in [0.29, 0.717) is 0 Å². The van der Waals surface area contributed by atoms with Crippen molar-refractivity contribution in [1.29, 1.82) is 0 Å². The number of imide groups is 1. The molecule has 1 fully saturated rings. The van der Waals surface area contributed by atoms with E-state index in [1.807, 2.05) is 48.5 Å². The number of Topliss-reactive ketones (excluding diaryl/α,β-unsaturated/α-hetero) is 1. The number of benzene rings is 4. The zero-order valence-corrected chi connectivity index (χ0v) is 24.7. The molecule has 0 spiro atoms. The summed E-state index contributed by atoms with van der Waals surface area (Å²) in [4.78, 5) is 57.7. The summed E-state index contributed by atoms with van der Waals surface area (Å²) in [5.74, 6) is -5.48. The highest BCUT2D eigenvalue weighted by Crippen LogP contribution is 2.61. The van der Waals surface area contributed by atoms with Gasteiger partial charge in [-0.3, -0.25) is 19.2 Å². The lowest BCUT2D eigenvalue weighted by molar-refractivity contribution is -0.156. The number of halogens is 3. The summed E-state index contributed by atoms with van der Waals surface area (Å²) in [6, 6.07) is 25.4. The maximum absolute atomic E-state index is 14.6. The molecule has 1 aliphatic heterocycles. The third-order valence-corrected chi connectivity index (χ3v) is 9.61. The monoisotopic (exact) mass is 626 g/mol. The molecule has 4 aliphatic rings. The van der Waals surface area contributed by atoms with E-state index in [9.17, 15) is 23.6 Å². The molecule has 6 nitrogen and oxygen atoms in total. The van der Waals surface area contributed by atoms with E-state index < -0.39 is 59.0 Å². The van der Waals surface area contributed by atoms with Crippen molar-refractivity contribution in [2.24, 2.45) is 11.8 Å². The van der Waals surface area contributed by atoms with Gasteiger partial charge in [-0.25, -0.2) is 9.40 Å². The van der Waals surface area contributed by atoms with Gasteiger partial charge in [-0.1, -0.05) is 72.3 Å². The van der Waals surface area contributed by atoms with E-state index in [1.54, 1.807) is 12.1 Å². The van der Waals surface area contributed by atoms with Gasteiger partial charge in [-0.15, -0.1) is 11.6 Å². The number of carbonyl (C=O) groups is 4. The fourth-order valence-electron chi connectivity index (χ4n) is 7.28. The second-order valence-electron chi connectivity index (χ2n) is 11.2. The number of hydrazine groups is 1. The van der Waals surface area contributed by atoms with Crippen molar-refractivity contribution in [3.63, 3.8) is 0 Å². The Balaban J connectivity index is 1.39. The molecular weight excluding hydrogens is 602 g/mol. The molecule has 0 aromatic heterocycles. The summed E-state index contributed by atoms with van der Waals surface area (Å²) in [6.45, 7) is 0. The molecule has 0 N–H and O–H groups in total. The second-order valence-corrected chi connectivity index (χ2v) is 12.0. The summed E-state index contributed by atoms with van der Waals surface area (Å²) < 4.78 is 13.8. The molecule has 2 bridgehead atoms. The lowest BCUT2D eigenvalue weighted by Gasteiger charge is -2.45. The van der Waals surface area contributed by atoms with Crippen LogP contribution in [-0.4, -0.2) is 45.4 Å². The number of ketones is 1. The van der Waals surface area contributed by atoms with Crippen LogP contribution >= 0.6 is 23.2 Å². The molecule has 8 rings (SSSR count). The Labute approximate surface area is 263 Å². The first-order valence-electron chi connectivity index (χ1n) is 14.3. The third kappa shape index (κ3) is 4.21. The van der Waals surface area contributed by atoms with E-state index >= 15 is 0 Å². The van der Waals surface area contributed by atoms with E-state index in [0.717, 1.165) is 44.4 Å². The van der Waals surface area contributed by atoms with Crippen molar-refractivity contribution >= 4 is 46.7 Å². The van der Waals surface area contributed by atoms with E-state index in [4.69, 9.17) is 23.2 Å². The molecule has 3 aliphatic carbocycles. The van der Waals surface area contributed by atoms with Crippen molar-refractivity contribution in [2.45, 2.75) is 24.3 Å². The van der Waals surface area contributed by atoms with Crippen LogP contribution < -0.4 is 0 Å². The Morgan fingerprint density at radius 1 is 0.750 bits per heavy atom. The van der Waals surface area contributed by atoms with Crippen molar-refractivity contribution in [2.75, 3.05) is 5.88 Å². The van der Waals surface area contributed by atoms with Crippen molar-refractivity contribution in [1.82, 2.24) is 10.0 Å². The molecule has 0 unspecified atom stereocenters. The molecule has 4 aromatic carbocycles. The highest BCUT2D eigenvalue weighted by Gasteiger charge is 2.63. The van der Waals surface area contributed by atoms with Crippen LogP contribution in [0.3, 0.4) is 0 Å². The number of rotatable bonds is 7. The second kappa shape index (κ2) is 11.0. The summed E-state index contributed by atoms with van der Waals surface area (Å²) in [7, 11) is 0. The largest absolute Gasteiger partial charge is 0.292 e. The molecule has 4 aromatic rings. The fourth-order valence-corrected chi connectivity index (χ4v) is 7.70. The van der Waals surface area contributed by atoms with Gasteiger partial charge in [0.2, 0.25) is 0 Å². The molecule has 0 saturated carbocycles. The predicted octanol–water partition coefficient (Wildman–Crippen LogP) is 6.61. The zero-order valence-electron chi connectivity index (χ0n) is 23.2. The minimum absolute atomic E-state index is 0.0191. The highest BCUT2D eigenvalue weighted by molar-refractivity contribution is 6.34. The molecule has 1 heterocycles. The molecule has 220 valence electrons. The van der Waals surface area contributed by atoms with Gasteiger partial charge in [0.15, 0.2) is 5.78 Å². The van der Waals surface area contributed by atoms with Gasteiger partial charge in [-0.2, -0.15) is 5.01 Å². The van der Waals surface area contributed by atoms with Crippen LogP contribution in [0, 0.1) is 17.7 Å². The number of nitrogens with zero attached hydrogens (tertiary/aromatic N) is 2. The molecule has 0 radical (unpaired) electrons. The fraction of sp³-hybridized carbons (Fsp3) is 0.200. The maximum atomic E-state index is 14.6. The maximum Gasteiger partial charge on any atom is 0.275 e. The average molecular weight is 627 g/mol.